The van der Waals surface area contributed by atoms with E-state index in [0.717, 1.165) is 10.9 Å². The number of ether oxygens (including phenoxy) is 2. The van der Waals surface area contributed by atoms with Crippen molar-refractivity contribution in [2.24, 2.45) is 5.10 Å². The minimum absolute atomic E-state index is 0.194. The van der Waals surface area contributed by atoms with Gasteiger partial charge in [0.2, 0.25) is 5.82 Å². The summed E-state index contributed by atoms with van der Waals surface area (Å²) in [6.07, 6.45) is 1.52. The van der Waals surface area contributed by atoms with Crippen molar-refractivity contribution in [3.05, 3.63) is 120 Å². The molecule has 0 amide bonds. The summed E-state index contributed by atoms with van der Waals surface area (Å²) in [5.74, 6) is 1.12. The van der Waals surface area contributed by atoms with Crippen molar-refractivity contribution >= 4 is 71.5 Å². The number of hydrogen-bond donors (Lipinski definition) is 0. The van der Waals surface area contributed by atoms with E-state index in [1.54, 1.807) is 60.7 Å². The Morgan fingerprint density at radius 3 is 2.62 bits per heavy atom. The Balaban J connectivity index is 1.42. The van der Waals surface area contributed by atoms with Crippen molar-refractivity contribution < 1.29 is 18.3 Å². The van der Waals surface area contributed by atoms with E-state index in [1.165, 1.54) is 30.1 Å². The fraction of sp³-hybridized carbons (Fsp3) is 0.0645. The first-order valence-electron chi connectivity index (χ1n) is 12.5. The lowest BCUT2D eigenvalue weighted by molar-refractivity contribution is 0.282. The van der Waals surface area contributed by atoms with Crippen molar-refractivity contribution in [1.82, 2.24) is 9.66 Å². The van der Waals surface area contributed by atoms with Gasteiger partial charge in [-0.1, -0.05) is 35.9 Å². The molecule has 0 radical (unpaired) electrons. The molecule has 0 bridgehead atoms. The molecule has 0 aliphatic heterocycles. The number of halogens is 4. The quantitative estimate of drug-likeness (QED) is 0.155. The molecular weight excluding hydrogens is 693 g/mol. The molecule has 2 aromatic heterocycles. The van der Waals surface area contributed by atoms with Crippen LogP contribution in [0, 0.1) is 5.82 Å². The van der Waals surface area contributed by atoms with Crippen molar-refractivity contribution in [2.75, 3.05) is 7.11 Å². The number of nitrogens with zero attached hydrogens (tertiary/aromatic N) is 3. The minimum Gasteiger partial charge on any atom is -0.493 e. The molecule has 0 N–H and O–H groups in total. The molecule has 0 spiro atoms. The normalized spacial score (nSPS) is 11.5. The zero-order valence-electron chi connectivity index (χ0n) is 21.8. The molecule has 11 heteroatoms. The summed E-state index contributed by atoms with van der Waals surface area (Å²) >= 11 is 13.3. The Morgan fingerprint density at radius 1 is 1.05 bits per heavy atom. The predicted molar refractivity (Wildman–Crippen MR) is 168 cm³/mol. The number of fused-ring (bicyclic) bond motifs is 2. The Bertz CT molecular complexity index is 2060. The van der Waals surface area contributed by atoms with E-state index < -0.39 is 0 Å². The van der Waals surface area contributed by atoms with E-state index >= 15 is 0 Å². The second-order valence-corrected chi connectivity index (χ2v) is 11.2. The van der Waals surface area contributed by atoms with Gasteiger partial charge in [-0.25, -0.2) is 9.37 Å². The third kappa shape index (κ3) is 5.45. The van der Waals surface area contributed by atoms with Gasteiger partial charge in [-0.3, -0.25) is 4.79 Å². The van der Waals surface area contributed by atoms with Crippen molar-refractivity contribution in [2.45, 2.75) is 6.61 Å². The van der Waals surface area contributed by atoms with Crippen molar-refractivity contribution in [3.63, 3.8) is 0 Å². The van der Waals surface area contributed by atoms with Gasteiger partial charge in [-0.15, -0.1) is 0 Å². The molecule has 6 aromatic rings. The van der Waals surface area contributed by atoms with Crippen LogP contribution in [0.1, 0.15) is 11.1 Å². The average molecular weight is 712 g/mol. The summed E-state index contributed by atoms with van der Waals surface area (Å²) in [6.45, 7) is 0.194. The largest absolute Gasteiger partial charge is 0.493 e. The van der Waals surface area contributed by atoms with Crippen LogP contribution < -0.4 is 15.0 Å². The van der Waals surface area contributed by atoms with Crippen LogP contribution in [0.5, 0.6) is 11.5 Å². The van der Waals surface area contributed by atoms with E-state index in [0.29, 0.717) is 53.3 Å². The maximum atomic E-state index is 13.6. The lowest BCUT2D eigenvalue weighted by atomic mass is 10.2. The second-order valence-electron chi connectivity index (χ2n) is 9.15. The van der Waals surface area contributed by atoms with E-state index in [4.69, 9.17) is 30.5 Å². The highest BCUT2D eigenvalue weighted by Gasteiger charge is 2.19. The van der Waals surface area contributed by atoms with E-state index in [1.807, 2.05) is 6.07 Å². The number of methoxy groups -OCH3 is 1. The highest BCUT2D eigenvalue weighted by molar-refractivity contribution is 9.13. The third-order valence-electron chi connectivity index (χ3n) is 6.44. The third-order valence-corrected chi connectivity index (χ3v) is 8.82. The van der Waals surface area contributed by atoms with Gasteiger partial charge in [-0.2, -0.15) is 9.78 Å². The van der Waals surface area contributed by atoms with Gasteiger partial charge in [0.25, 0.3) is 5.56 Å². The van der Waals surface area contributed by atoms with Gasteiger partial charge >= 0.3 is 0 Å². The van der Waals surface area contributed by atoms with Crippen LogP contribution in [0.4, 0.5) is 4.39 Å². The molecule has 0 saturated carbocycles. The van der Waals surface area contributed by atoms with Gasteiger partial charge < -0.3 is 13.9 Å². The predicted octanol–water partition coefficient (Wildman–Crippen LogP) is 8.60. The Labute approximate surface area is 260 Å². The van der Waals surface area contributed by atoms with E-state index in [-0.39, 0.29) is 23.8 Å². The first kappa shape index (κ1) is 28.1. The van der Waals surface area contributed by atoms with Crippen LogP contribution in [-0.2, 0) is 6.61 Å². The molecule has 2 heterocycles. The first-order valence-corrected chi connectivity index (χ1v) is 14.5. The van der Waals surface area contributed by atoms with Gasteiger partial charge in [0, 0.05) is 20.4 Å². The molecule has 0 unspecified atom stereocenters. The summed E-state index contributed by atoms with van der Waals surface area (Å²) in [5, 5.41) is 6.28. The number of benzene rings is 4. The molecule has 0 saturated heterocycles. The van der Waals surface area contributed by atoms with Crippen molar-refractivity contribution in [1.29, 1.82) is 0 Å². The number of rotatable bonds is 7. The van der Waals surface area contributed by atoms with Gasteiger partial charge in [0.05, 0.1) is 28.7 Å². The van der Waals surface area contributed by atoms with Crippen LogP contribution in [0.25, 0.3) is 33.5 Å². The SMILES string of the molecule is COc1cc(C=Nn2c(-c3cc4cc(Cl)ccc4o3)nc3ccccc3c2=O)c(Br)c(Br)c1OCc1ccc(F)cc1. The lowest BCUT2D eigenvalue weighted by Crippen LogP contribution is -2.20. The fourth-order valence-corrected chi connectivity index (χ4v) is 5.47. The number of para-hydroxylation sites is 1. The summed E-state index contributed by atoms with van der Waals surface area (Å²) in [7, 11) is 1.52. The molecule has 0 aliphatic carbocycles. The lowest BCUT2D eigenvalue weighted by Gasteiger charge is -2.15. The van der Waals surface area contributed by atoms with Gasteiger partial charge in [0.1, 0.15) is 18.0 Å². The molecule has 0 atom stereocenters. The fourth-order valence-electron chi connectivity index (χ4n) is 4.36. The summed E-state index contributed by atoms with van der Waals surface area (Å²) in [5.41, 5.74) is 2.12. The molecule has 7 nitrogen and oxygen atoms in total. The van der Waals surface area contributed by atoms with E-state index in [2.05, 4.69) is 37.0 Å². The number of aromatic nitrogens is 2. The Morgan fingerprint density at radius 2 is 1.83 bits per heavy atom. The van der Waals surface area contributed by atoms with Crippen LogP contribution in [0.3, 0.4) is 0 Å². The van der Waals surface area contributed by atoms with Gasteiger partial charge in [0.15, 0.2) is 17.3 Å². The Kier molecular flexibility index (Phi) is 7.85. The van der Waals surface area contributed by atoms with Gasteiger partial charge in [-0.05, 0) is 92.0 Å². The maximum absolute atomic E-state index is 13.6. The molecular formula is C31H19Br2ClFN3O4. The second kappa shape index (κ2) is 11.7. The van der Waals surface area contributed by atoms with Crippen LogP contribution in [0.15, 0.2) is 102 Å². The topological polar surface area (TPSA) is 78.9 Å². The molecule has 42 heavy (non-hydrogen) atoms. The number of hydrogen-bond acceptors (Lipinski definition) is 6. The molecule has 4 aromatic carbocycles. The summed E-state index contributed by atoms with van der Waals surface area (Å²) in [6, 6.07) is 21.8. The maximum Gasteiger partial charge on any atom is 0.282 e. The average Bonchev–Trinajstić information content (AvgIpc) is 3.42. The standard InChI is InChI=1S/C31H19Br2ClFN3O4/c1-40-25-14-19(27(32)28(33)29(25)41-16-17-6-9-21(35)10-7-17)15-36-38-30(37-23-5-3-2-4-22(23)31(38)39)26-13-18-12-20(34)8-11-24(18)42-26/h2-15H,16H2,1H3. The monoisotopic (exact) mass is 709 g/mol. The summed E-state index contributed by atoms with van der Waals surface area (Å²) < 4.78 is 33.3. The van der Waals surface area contributed by atoms with Crippen LogP contribution in [-0.4, -0.2) is 23.0 Å². The minimum atomic E-state index is -0.369. The Hall–Kier alpha value is -3.99. The molecule has 6 rings (SSSR count). The zero-order valence-corrected chi connectivity index (χ0v) is 25.7. The smallest absolute Gasteiger partial charge is 0.282 e. The number of furan rings is 1. The molecule has 210 valence electrons. The van der Waals surface area contributed by atoms with E-state index in [9.17, 15) is 9.18 Å². The first-order chi connectivity index (χ1) is 20.3. The highest BCUT2D eigenvalue weighted by atomic mass is 79.9. The molecule has 0 aliphatic rings. The summed E-state index contributed by atoms with van der Waals surface area (Å²) in [4.78, 5) is 18.4. The van der Waals surface area contributed by atoms with Crippen LogP contribution in [0.2, 0.25) is 5.02 Å². The highest BCUT2D eigenvalue weighted by Crippen LogP contribution is 2.42. The van der Waals surface area contributed by atoms with Crippen molar-refractivity contribution in [3.8, 4) is 23.1 Å². The molecule has 0 fully saturated rings. The van der Waals surface area contributed by atoms with Crippen LogP contribution >= 0.6 is 43.5 Å². The zero-order chi connectivity index (χ0) is 29.4.